The fourth-order valence-corrected chi connectivity index (χ4v) is 2.66. The van der Waals surface area contributed by atoms with Gasteiger partial charge in [0.05, 0.1) is 0 Å². The lowest BCUT2D eigenvalue weighted by molar-refractivity contribution is 0.153. The summed E-state index contributed by atoms with van der Waals surface area (Å²) in [5.74, 6) is -0.998. The van der Waals surface area contributed by atoms with Gasteiger partial charge in [0.15, 0.2) is 11.6 Å². The lowest BCUT2D eigenvalue weighted by atomic mass is 9.95. The van der Waals surface area contributed by atoms with Crippen LogP contribution in [0.1, 0.15) is 31.9 Å². The van der Waals surface area contributed by atoms with Crippen molar-refractivity contribution in [1.82, 2.24) is 10.2 Å². The number of nitrogens with zero attached hydrogens (tertiary/aromatic N) is 1. The van der Waals surface area contributed by atoms with E-state index in [0.717, 1.165) is 38.2 Å². The molecule has 0 aromatic heterocycles. The van der Waals surface area contributed by atoms with Crippen LogP contribution in [0.4, 0.5) is 8.78 Å². The molecule has 0 spiro atoms. The normalized spacial score (nSPS) is 18.8. The van der Waals surface area contributed by atoms with Crippen molar-refractivity contribution < 1.29 is 8.78 Å². The highest BCUT2D eigenvalue weighted by molar-refractivity contribution is 5.21. The molecule has 106 valence electrons. The number of hydrogen-bond donors (Lipinski definition) is 1. The van der Waals surface area contributed by atoms with Crippen LogP contribution in [0.25, 0.3) is 0 Å². The Morgan fingerprint density at radius 3 is 2.42 bits per heavy atom. The van der Waals surface area contributed by atoms with E-state index >= 15 is 0 Å². The van der Waals surface area contributed by atoms with E-state index < -0.39 is 11.6 Å². The van der Waals surface area contributed by atoms with Crippen molar-refractivity contribution in [3.63, 3.8) is 0 Å². The molecule has 19 heavy (non-hydrogen) atoms. The molecule has 1 N–H and O–H groups in total. The number of rotatable bonds is 4. The Labute approximate surface area is 113 Å². The third-order valence-electron chi connectivity index (χ3n) is 3.62. The molecule has 1 heterocycles. The van der Waals surface area contributed by atoms with Gasteiger partial charge in [0.25, 0.3) is 0 Å². The third-order valence-corrected chi connectivity index (χ3v) is 3.62. The van der Waals surface area contributed by atoms with E-state index in [1.807, 2.05) is 0 Å². The van der Waals surface area contributed by atoms with Crippen LogP contribution in [0, 0.1) is 17.6 Å². The Bertz CT molecular complexity index is 415. The first-order valence-electron chi connectivity index (χ1n) is 6.97. The quantitative estimate of drug-likeness (QED) is 0.903. The zero-order chi connectivity index (χ0) is 13.8. The molecule has 2 nitrogen and oxygen atoms in total. The van der Waals surface area contributed by atoms with E-state index in [-0.39, 0.29) is 6.04 Å². The van der Waals surface area contributed by atoms with Gasteiger partial charge in [0, 0.05) is 32.2 Å². The maximum atomic E-state index is 13.4. The number of halogens is 2. The van der Waals surface area contributed by atoms with Gasteiger partial charge in [-0.2, -0.15) is 0 Å². The van der Waals surface area contributed by atoms with Crippen LogP contribution >= 0.6 is 0 Å². The average Bonchev–Trinajstić information content (AvgIpc) is 2.40. The van der Waals surface area contributed by atoms with Crippen molar-refractivity contribution in [3.05, 3.63) is 35.4 Å². The molecule has 0 amide bonds. The molecule has 1 fully saturated rings. The minimum atomic E-state index is -0.771. The summed E-state index contributed by atoms with van der Waals surface area (Å²) in [6, 6.07) is 4.48. The molecule has 1 aromatic carbocycles. The lowest BCUT2D eigenvalue weighted by Crippen LogP contribution is -2.45. The smallest absolute Gasteiger partial charge is 0.159 e. The number of hydrogen-bond acceptors (Lipinski definition) is 2. The maximum absolute atomic E-state index is 13.4. The van der Waals surface area contributed by atoms with Crippen LogP contribution in [0.15, 0.2) is 18.2 Å². The standard InChI is InChI=1S/C15H22F2N2/c1-11(2)9-15(19-7-5-18-6-8-19)12-3-4-13(16)14(17)10-12/h3-4,10-11,15,18H,5-9H2,1-2H3/t15-/m0/s1. The topological polar surface area (TPSA) is 15.3 Å². The first kappa shape index (κ1) is 14.4. The average molecular weight is 268 g/mol. The van der Waals surface area contributed by atoms with Crippen molar-refractivity contribution in [3.8, 4) is 0 Å². The van der Waals surface area contributed by atoms with E-state index in [2.05, 4.69) is 24.1 Å². The van der Waals surface area contributed by atoms with Gasteiger partial charge in [-0.15, -0.1) is 0 Å². The fourth-order valence-electron chi connectivity index (χ4n) is 2.66. The number of piperazine rings is 1. The first-order valence-corrected chi connectivity index (χ1v) is 6.97. The molecular formula is C15H22F2N2. The van der Waals surface area contributed by atoms with Crippen LogP contribution in [-0.4, -0.2) is 31.1 Å². The highest BCUT2D eigenvalue weighted by Crippen LogP contribution is 2.29. The molecule has 1 saturated heterocycles. The summed E-state index contributed by atoms with van der Waals surface area (Å²) in [5.41, 5.74) is 0.884. The van der Waals surface area contributed by atoms with Crippen molar-refractivity contribution in [1.29, 1.82) is 0 Å². The minimum Gasteiger partial charge on any atom is -0.314 e. The van der Waals surface area contributed by atoms with Gasteiger partial charge < -0.3 is 5.32 Å². The molecule has 4 heteroatoms. The molecule has 0 saturated carbocycles. The monoisotopic (exact) mass is 268 g/mol. The Hall–Kier alpha value is -1.00. The van der Waals surface area contributed by atoms with Crippen molar-refractivity contribution >= 4 is 0 Å². The summed E-state index contributed by atoms with van der Waals surface area (Å²) in [7, 11) is 0. The Morgan fingerprint density at radius 2 is 1.84 bits per heavy atom. The Kier molecular flexibility index (Phi) is 4.88. The number of benzene rings is 1. The third kappa shape index (κ3) is 3.74. The van der Waals surface area contributed by atoms with Gasteiger partial charge >= 0.3 is 0 Å². The highest BCUT2D eigenvalue weighted by Gasteiger charge is 2.23. The van der Waals surface area contributed by atoms with Crippen LogP contribution in [0.5, 0.6) is 0 Å². The summed E-state index contributed by atoms with van der Waals surface area (Å²) in [5, 5.41) is 3.32. The maximum Gasteiger partial charge on any atom is 0.159 e. The van der Waals surface area contributed by atoms with Crippen molar-refractivity contribution in [2.45, 2.75) is 26.3 Å². The molecule has 0 unspecified atom stereocenters. The van der Waals surface area contributed by atoms with E-state index in [0.29, 0.717) is 5.92 Å². The molecule has 0 aliphatic carbocycles. The zero-order valence-corrected chi connectivity index (χ0v) is 11.6. The SMILES string of the molecule is CC(C)C[C@@H](c1ccc(F)c(F)c1)N1CCNCC1. The Morgan fingerprint density at radius 1 is 1.16 bits per heavy atom. The fraction of sp³-hybridized carbons (Fsp3) is 0.600. The molecule has 1 aliphatic heterocycles. The largest absolute Gasteiger partial charge is 0.314 e. The summed E-state index contributed by atoms with van der Waals surface area (Å²) in [6.45, 7) is 8.15. The summed E-state index contributed by atoms with van der Waals surface area (Å²) < 4.78 is 26.5. The molecular weight excluding hydrogens is 246 g/mol. The van der Waals surface area contributed by atoms with Gasteiger partial charge in [0.1, 0.15) is 0 Å². The molecule has 0 radical (unpaired) electrons. The zero-order valence-electron chi connectivity index (χ0n) is 11.6. The van der Waals surface area contributed by atoms with Crippen LogP contribution < -0.4 is 5.32 Å². The second-order valence-corrected chi connectivity index (χ2v) is 5.60. The molecule has 1 atom stereocenters. The summed E-state index contributed by atoms with van der Waals surface area (Å²) in [4.78, 5) is 2.36. The second kappa shape index (κ2) is 6.44. The minimum absolute atomic E-state index is 0.178. The van der Waals surface area contributed by atoms with E-state index in [4.69, 9.17) is 0 Å². The van der Waals surface area contributed by atoms with Gasteiger partial charge in [-0.3, -0.25) is 4.90 Å². The second-order valence-electron chi connectivity index (χ2n) is 5.60. The molecule has 1 aliphatic rings. The van der Waals surface area contributed by atoms with Crippen LogP contribution in [0.2, 0.25) is 0 Å². The molecule has 1 aromatic rings. The van der Waals surface area contributed by atoms with Crippen molar-refractivity contribution in [2.75, 3.05) is 26.2 Å². The van der Waals surface area contributed by atoms with E-state index in [9.17, 15) is 8.78 Å². The van der Waals surface area contributed by atoms with Gasteiger partial charge in [0.2, 0.25) is 0 Å². The van der Waals surface area contributed by atoms with Gasteiger partial charge in [-0.05, 0) is 30.0 Å². The van der Waals surface area contributed by atoms with E-state index in [1.54, 1.807) is 6.07 Å². The molecule has 0 bridgehead atoms. The van der Waals surface area contributed by atoms with Crippen LogP contribution in [-0.2, 0) is 0 Å². The van der Waals surface area contributed by atoms with E-state index in [1.165, 1.54) is 12.1 Å². The first-order chi connectivity index (χ1) is 9.08. The molecule has 2 rings (SSSR count). The predicted octanol–water partition coefficient (Wildman–Crippen LogP) is 2.96. The van der Waals surface area contributed by atoms with Crippen molar-refractivity contribution in [2.24, 2.45) is 5.92 Å². The summed E-state index contributed by atoms with van der Waals surface area (Å²) in [6.07, 6.45) is 0.963. The van der Waals surface area contributed by atoms with Gasteiger partial charge in [-0.1, -0.05) is 19.9 Å². The highest BCUT2D eigenvalue weighted by atomic mass is 19.2. The number of nitrogens with one attached hydrogen (secondary N) is 1. The lowest BCUT2D eigenvalue weighted by Gasteiger charge is -2.36. The predicted molar refractivity (Wildman–Crippen MR) is 73.0 cm³/mol. The van der Waals surface area contributed by atoms with Gasteiger partial charge in [-0.25, -0.2) is 8.78 Å². The summed E-state index contributed by atoms with van der Waals surface area (Å²) >= 11 is 0. The Balaban J connectivity index is 2.22. The van der Waals surface area contributed by atoms with Crippen LogP contribution in [0.3, 0.4) is 0 Å².